The number of hydrogen-bond acceptors (Lipinski definition) is 2. The number of nitrogens with one attached hydrogen (secondary N) is 1. The predicted octanol–water partition coefficient (Wildman–Crippen LogP) is -0.994. The molecule has 57 valence electrons. The Labute approximate surface area is 57.7 Å². The van der Waals surface area contributed by atoms with Gasteiger partial charge in [-0.1, -0.05) is 0 Å². The summed E-state index contributed by atoms with van der Waals surface area (Å²) in [6.45, 7) is 0.355. The molecule has 0 heterocycles. The lowest BCUT2D eigenvalue weighted by molar-refractivity contribution is -0.141. The average Bonchev–Trinajstić information content (AvgIpc) is 1.87. The predicted molar refractivity (Wildman–Crippen MR) is 30.8 cm³/mol. The van der Waals surface area contributed by atoms with Gasteiger partial charge < -0.3 is 10.4 Å². The largest absolute Gasteiger partial charge is 0.480 e. The third-order valence-corrected chi connectivity index (χ3v) is 0.879. The Hall–Kier alpha value is -1.10. The zero-order valence-electron chi connectivity index (χ0n) is 5.46. The van der Waals surface area contributed by atoms with Gasteiger partial charge in [-0.25, -0.2) is 5.11 Å². The minimum Gasteiger partial charge on any atom is -0.480 e. The van der Waals surface area contributed by atoms with Crippen LogP contribution < -0.4 is 5.32 Å². The van der Waals surface area contributed by atoms with E-state index in [2.05, 4.69) is 0 Å². The fourth-order valence-corrected chi connectivity index (χ4v) is 0.345. The van der Waals surface area contributed by atoms with E-state index in [-0.39, 0.29) is 0 Å². The summed E-state index contributed by atoms with van der Waals surface area (Å²) in [4.78, 5) is 20.3. The van der Waals surface area contributed by atoms with Gasteiger partial charge in [0, 0.05) is 0 Å². The van der Waals surface area contributed by atoms with E-state index < -0.39 is 24.5 Å². The maximum Gasteiger partial charge on any atom is 0.325 e. The minimum absolute atomic E-state index is 0.796. The van der Waals surface area contributed by atoms with Crippen molar-refractivity contribution in [1.29, 1.82) is 0 Å². The quantitative estimate of drug-likeness (QED) is 0.535. The molecule has 0 aromatic carbocycles. The molecule has 0 aromatic rings. The van der Waals surface area contributed by atoms with Crippen molar-refractivity contribution in [3.63, 3.8) is 0 Å². The normalized spacial score (nSPS) is 12.2. The standard InChI is InChI=1S/C5H8NO4/c1-3(5(9)10)6-4(8)2-7/h3H,2H2,1H3,(H,6,8)(H,9,10)/t3-/m0/s1. The van der Waals surface area contributed by atoms with E-state index in [9.17, 15) is 14.7 Å². The summed E-state index contributed by atoms with van der Waals surface area (Å²) in [6, 6.07) is -0.985. The highest BCUT2D eigenvalue weighted by Crippen LogP contribution is 1.79. The summed E-state index contributed by atoms with van der Waals surface area (Å²) in [5.41, 5.74) is 0. The van der Waals surface area contributed by atoms with Gasteiger partial charge in [-0.15, -0.1) is 0 Å². The molecule has 10 heavy (non-hydrogen) atoms. The molecule has 0 spiro atoms. The Morgan fingerprint density at radius 2 is 2.10 bits per heavy atom. The molecule has 0 aromatic heterocycles. The smallest absolute Gasteiger partial charge is 0.325 e. The molecule has 1 atom stereocenters. The van der Waals surface area contributed by atoms with Crippen molar-refractivity contribution >= 4 is 11.9 Å². The second-order valence-corrected chi connectivity index (χ2v) is 1.77. The van der Waals surface area contributed by atoms with Crippen LogP contribution in [-0.4, -0.2) is 29.6 Å². The second kappa shape index (κ2) is 3.84. The van der Waals surface area contributed by atoms with Crippen LogP contribution in [0.4, 0.5) is 0 Å². The molecule has 0 aliphatic rings. The molecule has 0 saturated heterocycles. The second-order valence-electron chi connectivity index (χ2n) is 1.77. The third kappa shape index (κ3) is 3.03. The fourth-order valence-electron chi connectivity index (χ4n) is 0.345. The number of hydrogen-bond donors (Lipinski definition) is 2. The molecule has 0 saturated carbocycles. The van der Waals surface area contributed by atoms with E-state index in [1.165, 1.54) is 6.92 Å². The van der Waals surface area contributed by atoms with E-state index in [1.54, 1.807) is 0 Å². The molecular weight excluding hydrogens is 138 g/mol. The van der Waals surface area contributed by atoms with Crippen LogP contribution in [-0.2, 0) is 14.7 Å². The summed E-state index contributed by atoms with van der Waals surface area (Å²) in [6.07, 6.45) is 0. The van der Waals surface area contributed by atoms with Crippen molar-refractivity contribution in [3.8, 4) is 0 Å². The molecule has 0 rings (SSSR count). The third-order valence-electron chi connectivity index (χ3n) is 0.879. The number of carbonyl (C=O) groups is 2. The lowest BCUT2D eigenvalue weighted by atomic mass is 10.3. The topological polar surface area (TPSA) is 86.3 Å². The fraction of sp³-hybridized carbons (Fsp3) is 0.600. The van der Waals surface area contributed by atoms with Crippen molar-refractivity contribution < 1.29 is 19.8 Å². The van der Waals surface area contributed by atoms with E-state index in [0.717, 1.165) is 0 Å². The highest BCUT2D eigenvalue weighted by Gasteiger charge is 2.12. The molecule has 1 amide bonds. The van der Waals surface area contributed by atoms with Crippen molar-refractivity contribution in [3.05, 3.63) is 0 Å². The van der Waals surface area contributed by atoms with Gasteiger partial charge in [0.25, 0.3) is 0 Å². The Morgan fingerprint density at radius 3 is 2.40 bits per heavy atom. The van der Waals surface area contributed by atoms with Gasteiger partial charge in [0.05, 0.1) is 0 Å². The zero-order valence-corrected chi connectivity index (χ0v) is 5.46. The summed E-state index contributed by atoms with van der Waals surface area (Å²) in [7, 11) is 0. The molecule has 0 fully saturated rings. The Bertz CT molecular complexity index is 145. The van der Waals surface area contributed by atoms with Crippen LogP contribution >= 0.6 is 0 Å². The number of carbonyl (C=O) groups excluding carboxylic acids is 1. The van der Waals surface area contributed by atoms with Crippen LogP contribution in [0.5, 0.6) is 0 Å². The molecule has 1 radical (unpaired) electrons. The maximum atomic E-state index is 10.2. The first-order valence-corrected chi connectivity index (χ1v) is 2.68. The highest BCUT2D eigenvalue weighted by molar-refractivity contribution is 5.83. The van der Waals surface area contributed by atoms with Crippen LogP contribution in [0.3, 0.4) is 0 Å². The van der Waals surface area contributed by atoms with Crippen molar-refractivity contribution in [2.75, 3.05) is 6.61 Å². The SMILES string of the molecule is C[C@H](NC(=O)C[O])C(=O)O. The summed E-state index contributed by atoms with van der Waals surface area (Å²) in [5, 5.41) is 20.0. The lowest BCUT2D eigenvalue weighted by Gasteiger charge is -2.05. The summed E-state index contributed by atoms with van der Waals surface area (Å²) in [5.74, 6) is -1.95. The number of rotatable bonds is 3. The minimum atomic E-state index is -1.15. The van der Waals surface area contributed by atoms with E-state index in [4.69, 9.17) is 5.11 Å². The van der Waals surface area contributed by atoms with Gasteiger partial charge >= 0.3 is 5.97 Å². The van der Waals surface area contributed by atoms with Gasteiger partial charge in [0.1, 0.15) is 6.04 Å². The summed E-state index contributed by atoms with van der Waals surface area (Å²) >= 11 is 0. The molecular formula is C5H8NO4. The summed E-state index contributed by atoms with van der Waals surface area (Å²) < 4.78 is 0. The van der Waals surface area contributed by atoms with Crippen LogP contribution in [0.25, 0.3) is 0 Å². The lowest BCUT2D eigenvalue weighted by Crippen LogP contribution is -2.39. The number of carboxylic acids is 1. The Morgan fingerprint density at radius 1 is 1.60 bits per heavy atom. The maximum absolute atomic E-state index is 10.2. The molecule has 2 N–H and O–H groups in total. The first kappa shape index (κ1) is 8.90. The van der Waals surface area contributed by atoms with Crippen molar-refractivity contribution in [1.82, 2.24) is 5.32 Å². The first-order valence-electron chi connectivity index (χ1n) is 2.68. The molecule has 0 aliphatic heterocycles. The van der Waals surface area contributed by atoms with Crippen molar-refractivity contribution in [2.45, 2.75) is 13.0 Å². The Balaban J connectivity index is 3.68. The van der Waals surface area contributed by atoms with Crippen LogP contribution in [0, 0.1) is 0 Å². The van der Waals surface area contributed by atoms with Crippen LogP contribution in [0.15, 0.2) is 0 Å². The number of aliphatic carboxylic acids is 1. The van der Waals surface area contributed by atoms with E-state index >= 15 is 0 Å². The molecule has 0 unspecified atom stereocenters. The van der Waals surface area contributed by atoms with E-state index in [0.29, 0.717) is 0 Å². The van der Waals surface area contributed by atoms with Gasteiger partial charge in [-0.3, -0.25) is 9.59 Å². The van der Waals surface area contributed by atoms with Gasteiger partial charge in [-0.2, -0.15) is 0 Å². The number of amides is 1. The molecule has 0 bridgehead atoms. The Kier molecular flexibility index (Phi) is 3.42. The average molecular weight is 146 g/mol. The van der Waals surface area contributed by atoms with Gasteiger partial charge in [-0.05, 0) is 6.92 Å². The molecule has 5 heteroatoms. The monoisotopic (exact) mass is 146 g/mol. The highest BCUT2D eigenvalue weighted by atomic mass is 16.4. The van der Waals surface area contributed by atoms with Gasteiger partial charge in [0.15, 0.2) is 6.61 Å². The van der Waals surface area contributed by atoms with Gasteiger partial charge in [0.2, 0.25) is 5.91 Å². The number of carboxylic acid groups (broad SMARTS) is 1. The van der Waals surface area contributed by atoms with Crippen molar-refractivity contribution in [2.24, 2.45) is 0 Å². The van der Waals surface area contributed by atoms with Crippen LogP contribution in [0.2, 0.25) is 0 Å². The van der Waals surface area contributed by atoms with Crippen LogP contribution in [0.1, 0.15) is 6.92 Å². The zero-order chi connectivity index (χ0) is 8.15. The molecule has 0 aliphatic carbocycles. The molecule has 5 nitrogen and oxygen atoms in total. The van der Waals surface area contributed by atoms with E-state index in [1.807, 2.05) is 5.32 Å². The first-order chi connectivity index (χ1) is 4.57.